The molecule has 0 spiro atoms. The molecule has 0 radical (unpaired) electrons. The Hall–Kier alpha value is -3.23. The summed E-state index contributed by atoms with van der Waals surface area (Å²) in [4.78, 5) is 38.9. The second kappa shape index (κ2) is 10.9. The summed E-state index contributed by atoms with van der Waals surface area (Å²) in [7, 11) is 3.07. The lowest BCUT2D eigenvalue weighted by molar-refractivity contribution is -0.148. The molecule has 29 heavy (non-hydrogen) atoms. The lowest BCUT2D eigenvalue weighted by Gasteiger charge is -2.33. The van der Waals surface area contributed by atoms with Gasteiger partial charge in [0.2, 0.25) is 0 Å². The maximum Gasteiger partial charge on any atom is 0.409 e. The average molecular weight is 406 g/mol. The zero-order valence-corrected chi connectivity index (χ0v) is 16.9. The van der Waals surface area contributed by atoms with Crippen molar-refractivity contribution in [3.63, 3.8) is 0 Å². The van der Waals surface area contributed by atoms with E-state index in [1.54, 1.807) is 41.0 Å². The number of nitrogens with zero attached hydrogens (tertiary/aromatic N) is 2. The summed E-state index contributed by atoms with van der Waals surface area (Å²) in [5.74, 6) is 0.243. The highest BCUT2D eigenvalue weighted by molar-refractivity contribution is 5.89. The average Bonchev–Trinajstić information content (AvgIpc) is 2.75. The van der Waals surface area contributed by atoms with Gasteiger partial charge in [-0.15, -0.1) is 0 Å². The number of piperazine rings is 1. The van der Waals surface area contributed by atoms with Crippen LogP contribution in [-0.2, 0) is 19.1 Å². The van der Waals surface area contributed by atoms with Crippen molar-refractivity contribution in [3.05, 3.63) is 29.8 Å². The van der Waals surface area contributed by atoms with Gasteiger partial charge >= 0.3 is 12.1 Å². The number of benzene rings is 1. The molecule has 0 aromatic heterocycles. The summed E-state index contributed by atoms with van der Waals surface area (Å²) in [6.45, 7) is 3.20. The molecular weight excluding hydrogens is 380 g/mol. The highest BCUT2D eigenvalue weighted by Gasteiger charge is 2.25. The summed E-state index contributed by atoms with van der Waals surface area (Å²) in [6, 6.07) is 5.19. The number of carbonyl (C=O) groups is 3. The first-order valence-corrected chi connectivity index (χ1v) is 9.24. The van der Waals surface area contributed by atoms with E-state index >= 15 is 0 Å². The number of methoxy groups -OCH3 is 2. The van der Waals surface area contributed by atoms with Gasteiger partial charge in [0.25, 0.3) is 5.91 Å². The summed E-state index contributed by atoms with van der Waals surface area (Å²) in [5, 5.41) is 0. The Morgan fingerprint density at radius 1 is 0.931 bits per heavy atom. The Bertz CT molecular complexity index is 733. The van der Waals surface area contributed by atoms with Crippen LogP contribution in [0.1, 0.15) is 12.5 Å². The molecule has 1 aliphatic heterocycles. The first kappa shape index (κ1) is 22.1. The van der Waals surface area contributed by atoms with Gasteiger partial charge in [-0.1, -0.05) is 0 Å². The molecule has 0 aliphatic carbocycles. The minimum atomic E-state index is -0.634. The van der Waals surface area contributed by atoms with Gasteiger partial charge in [0.15, 0.2) is 6.61 Å². The van der Waals surface area contributed by atoms with Crippen LogP contribution in [0, 0.1) is 0 Å². The van der Waals surface area contributed by atoms with Crippen LogP contribution in [0.25, 0.3) is 6.08 Å². The number of hydrogen-bond donors (Lipinski definition) is 0. The summed E-state index contributed by atoms with van der Waals surface area (Å²) < 4.78 is 20.3. The van der Waals surface area contributed by atoms with Crippen LogP contribution in [0.15, 0.2) is 24.3 Å². The van der Waals surface area contributed by atoms with Crippen LogP contribution in [0.5, 0.6) is 11.5 Å². The molecule has 1 aromatic carbocycles. The standard InChI is InChI=1S/C20H26N2O7/c1-4-28-20(25)22-9-7-21(8-10-22)18(23)14-29-19(24)6-5-15-11-16(26-2)13-17(12-15)27-3/h5-6,11-13H,4,7-10,14H2,1-3H3/b6-5+. The Morgan fingerprint density at radius 2 is 1.52 bits per heavy atom. The Balaban J connectivity index is 1.80. The third-order valence-corrected chi connectivity index (χ3v) is 4.28. The SMILES string of the molecule is CCOC(=O)N1CCN(C(=O)COC(=O)/C=C/c2cc(OC)cc(OC)c2)CC1. The smallest absolute Gasteiger partial charge is 0.409 e. The molecule has 2 amide bonds. The van der Waals surface area contributed by atoms with Crippen molar-refractivity contribution in [2.75, 3.05) is 53.6 Å². The molecule has 2 rings (SSSR count). The van der Waals surface area contributed by atoms with Crippen molar-refractivity contribution in [3.8, 4) is 11.5 Å². The van der Waals surface area contributed by atoms with E-state index in [0.29, 0.717) is 49.8 Å². The summed E-state index contributed by atoms with van der Waals surface area (Å²) >= 11 is 0. The number of rotatable bonds is 7. The van der Waals surface area contributed by atoms with Crippen LogP contribution in [0.3, 0.4) is 0 Å². The lowest BCUT2D eigenvalue weighted by atomic mass is 10.2. The Kier molecular flexibility index (Phi) is 8.32. The normalized spacial score (nSPS) is 13.9. The fraction of sp³-hybridized carbons (Fsp3) is 0.450. The molecule has 1 heterocycles. The van der Waals surface area contributed by atoms with Crippen molar-refractivity contribution in [2.24, 2.45) is 0 Å². The number of amides is 2. The minimum absolute atomic E-state index is 0.307. The van der Waals surface area contributed by atoms with Gasteiger partial charge in [-0.2, -0.15) is 0 Å². The van der Waals surface area contributed by atoms with E-state index in [1.807, 2.05) is 0 Å². The topological polar surface area (TPSA) is 94.6 Å². The van der Waals surface area contributed by atoms with Crippen molar-refractivity contribution >= 4 is 24.0 Å². The fourth-order valence-electron chi connectivity index (χ4n) is 2.72. The zero-order chi connectivity index (χ0) is 21.2. The van der Waals surface area contributed by atoms with Gasteiger partial charge in [-0.05, 0) is 30.7 Å². The zero-order valence-electron chi connectivity index (χ0n) is 16.9. The van der Waals surface area contributed by atoms with E-state index in [4.69, 9.17) is 18.9 Å². The molecule has 158 valence electrons. The summed E-state index contributed by atoms with van der Waals surface area (Å²) in [6.07, 6.45) is 2.40. The first-order valence-electron chi connectivity index (χ1n) is 9.24. The molecule has 0 unspecified atom stereocenters. The molecule has 1 saturated heterocycles. The molecule has 9 heteroatoms. The minimum Gasteiger partial charge on any atom is -0.497 e. The maximum atomic E-state index is 12.2. The number of hydrogen-bond acceptors (Lipinski definition) is 7. The summed E-state index contributed by atoms with van der Waals surface area (Å²) in [5.41, 5.74) is 0.694. The molecule has 9 nitrogen and oxygen atoms in total. The second-order valence-corrected chi connectivity index (χ2v) is 6.15. The molecule has 0 atom stereocenters. The predicted molar refractivity (Wildman–Crippen MR) is 105 cm³/mol. The van der Waals surface area contributed by atoms with Gasteiger partial charge in [-0.25, -0.2) is 9.59 Å². The van der Waals surface area contributed by atoms with E-state index in [1.165, 1.54) is 20.3 Å². The van der Waals surface area contributed by atoms with E-state index in [2.05, 4.69) is 0 Å². The number of esters is 1. The monoisotopic (exact) mass is 406 g/mol. The van der Waals surface area contributed by atoms with Crippen LogP contribution < -0.4 is 9.47 Å². The fourth-order valence-corrected chi connectivity index (χ4v) is 2.72. The van der Waals surface area contributed by atoms with E-state index in [9.17, 15) is 14.4 Å². The van der Waals surface area contributed by atoms with Gasteiger partial charge in [0, 0.05) is 38.3 Å². The maximum absolute atomic E-state index is 12.2. The highest BCUT2D eigenvalue weighted by Crippen LogP contribution is 2.23. The quantitative estimate of drug-likeness (QED) is 0.501. The number of carbonyl (C=O) groups excluding carboxylic acids is 3. The third kappa shape index (κ3) is 6.70. The molecule has 1 aromatic rings. The molecule has 0 bridgehead atoms. The first-order chi connectivity index (χ1) is 14.0. The van der Waals surface area contributed by atoms with Gasteiger partial charge in [0.1, 0.15) is 11.5 Å². The second-order valence-electron chi connectivity index (χ2n) is 6.15. The Morgan fingerprint density at radius 3 is 2.07 bits per heavy atom. The molecule has 1 aliphatic rings. The van der Waals surface area contributed by atoms with Crippen molar-refractivity contribution in [1.29, 1.82) is 0 Å². The van der Waals surface area contributed by atoms with Crippen molar-refractivity contribution in [1.82, 2.24) is 9.80 Å². The lowest BCUT2D eigenvalue weighted by Crippen LogP contribution is -2.51. The molecule has 1 fully saturated rings. The number of ether oxygens (including phenoxy) is 4. The molecule has 0 N–H and O–H groups in total. The highest BCUT2D eigenvalue weighted by atomic mass is 16.6. The van der Waals surface area contributed by atoms with E-state index in [-0.39, 0.29) is 18.6 Å². The van der Waals surface area contributed by atoms with Crippen molar-refractivity contribution < 1.29 is 33.3 Å². The predicted octanol–water partition coefficient (Wildman–Crippen LogP) is 1.56. The van der Waals surface area contributed by atoms with Gasteiger partial charge in [-0.3, -0.25) is 4.79 Å². The van der Waals surface area contributed by atoms with Gasteiger partial charge < -0.3 is 28.7 Å². The van der Waals surface area contributed by atoms with Crippen LogP contribution in [0.2, 0.25) is 0 Å². The molecule has 0 saturated carbocycles. The van der Waals surface area contributed by atoms with E-state index in [0.717, 1.165) is 0 Å². The largest absolute Gasteiger partial charge is 0.497 e. The molecular formula is C20H26N2O7. The third-order valence-electron chi connectivity index (χ3n) is 4.28. The van der Waals surface area contributed by atoms with Crippen LogP contribution in [0.4, 0.5) is 4.79 Å². The Labute approximate surface area is 169 Å². The van der Waals surface area contributed by atoms with Crippen molar-refractivity contribution in [2.45, 2.75) is 6.92 Å². The van der Waals surface area contributed by atoms with Crippen LogP contribution >= 0.6 is 0 Å². The van der Waals surface area contributed by atoms with Gasteiger partial charge in [0.05, 0.1) is 20.8 Å². The van der Waals surface area contributed by atoms with Crippen LogP contribution in [-0.4, -0.2) is 81.4 Å². The van der Waals surface area contributed by atoms with E-state index < -0.39 is 5.97 Å².